The summed E-state index contributed by atoms with van der Waals surface area (Å²) in [6.45, 7) is 6.50. The largest absolute Gasteiger partial charge is 0.351 e. The fourth-order valence-corrected chi connectivity index (χ4v) is 1.58. The lowest BCUT2D eigenvalue weighted by Gasteiger charge is -2.10. The van der Waals surface area contributed by atoms with Gasteiger partial charge < -0.3 is 5.32 Å². The summed E-state index contributed by atoms with van der Waals surface area (Å²) in [4.78, 5) is 12.3. The molecule has 0 saturated carbocycles. The quantitative estimate of drug-likeness (QED) is 0.849. The van der Waals surface area contributed by atoms with Crippen molar-refractivity contribution in [3.05, 3.63) is 23.0 Å². The van der Waals surface area contributed by atoms with Crippen molar-refractivity contribution < 1.29 is 4.79 Å². The maximum absolute atomic E-state index is 12.0. The molecule has 4 nitrogen and oxygen atoms in total. The van der Waals surface area contributed by atoms with Gasteiger partial charge in [0.25, 0.3) is 5.91 Å². The highest BCUT2D eigenvalue weighted by atomic mass is 79.9. The average Bonchev–Trinajstić information content (AvgIpc) is 2.35. The number of rotatable bonds is 5. The molecule has 0 aliphatic carbocycles. The van der Waals surface area contributed by atoms with Crippen molar-refractivity contribution in [2.24, 2.45) is 0 Å². The van der Waals surface area contributed by atoms with E-state index >= 15 is 0 Å². The highest BCUT2D eigenvalue weighted by molar-refractivity contribution is 9.09. The minimum atomic E-state index is -0.0715. The number of hydrogen-bond acceptors (Lipinski definition) is 3. The van der Waals surface area contributed by atoms with Crippen molar-refractivity contribution in [2.75, 3.05) is 6.54 Å². The van der Waals surface area contributed by atoms with Crippen LogP contribution in [-0.2, 0) is 6.42 Å². The van der Waals surface area contributed by atoms with Crippen LogP contribution in [0.4, 0.5) is 0 Å². The van der Waals surface area contributed by atoms with Gasteiger partial charge in [0.05, 0.1) is 17.0 Å². The molecule has 17 heavy (non-hydrogen) atoms. The van der Waals surface area contributed by atoms with E-state index in [2.05, 4.69) is 38.4 Å². The van der Waals surface area contributed by atoms with Gasteiger partial charge in [-0.2, -0.15) is 10.2 Å². The van der Waals surface area contributed by atoms with Gasteiger partial charge in [0.15, 0.2) is 0 Å². The smallest absolute Gasteiger partial charge is 0.253 e. The molecule has 1 unspecified atom stereocenters. The maximum Gasteiger partial charge on any atom is 0.253 e. The van der Waals surface area contributed by atoms with Crippen LogP contribution in [0.5, 0.6) is 0 Å². The third-order valence-electron chi connectivity index (χ3n) is 2.50. The maximum atomic E-state index is 12.0. The average molecular weight is 300 g/mol. The number of amides is 1. The number of nitrogens with one attached hydrogen (secondary N) is 1. The number of alkyl halides is 1. The van der Waals surface area contributed by atoms with Crippen molar-refractivity contribution in [2.45, 2.75) is 38.4 Å². The molecule has 94 valence electrons. The van der Waals surface area contributed by atoms with Gasteiger partial charge in [-0.25, -0.2) is 0 Å². The molecule has 0 aliphatic rings. The van der Waals surface area contributed by atoms with Gasteiger partial charge in [-0.3, -0.25) is 4.79 Å². The summed E-state index contributed by atoms with van der Waals surface area (Å²) in [5.41, 5.74) is 2.14. The number of halogens is 1. The number of carbonyl (C=O) groups is 1. The van der Waals surface area contributed by atoms with Crippen LogP contribution < -0.4 is 5.32 Å². The van der Waals surface area contributed by atoms with Crippen LogP contribution in [0.2, 0.25) is 0 Å². The molecular weight excluding hydrogens is 282 g/mol. The summed E-state index contributed by atoms with van der Waals surface area (Å²) < 4.78 is 0. The Labute approximate surface area is 110 Å². The molecule has 0 aliphatic heterocycles. The number of hydrogen-bond donors (Lipinski definition) is 1. The second-order valence-electron chi connectivity index (χ2n) is 3.92. The number of carbonyl (C=O) groups excluding carboxylic acids is 1. The van der Waals surface area contributed by atoms with Gasteiger partial charge in [-0.15, -0.1) is 0 Å². The molecule has 0 bridgehead atoms. The van der Waals surface area contributed by atoms with E-state index in [1.807, 2.05) is 13.8 Å². The van der Waals surface area contributed by atoms with E-state index in [1.165, 1.54) is 0 Å². The van der Waals surface area contributed by atoms with Crippen molar-refractivity contribution in [1.29, 1.82) is 0 Å². The number of aryl methyl sites for hydroxylation is 2. The van der Waals surface area contributed by atoms with E-state index in [0.717, 1.165) is 17.8 Å². The first-order valence-corrected chi connectivity index (χ1v) is 6.75. The lowest BCUT2D eigenvalue weighted by atomic mass is 10.1. The summed E-state index contributed by atoms with van der Waals surface area (Å²) in [6.07, 6.45) is 1.69. The van der Waals surface area contributed by atoms with Crippen molar-refractivity contribution in [3.63, 3.8) is 0 Å². The summed E-state index contributed by atoms with van der Waals surface area (Å²) >= 11 is 3.49. The third kappa shape index (κ3) is 4.07. The molecule has 1 aromatic heterocycles. The van der Waals surface area contributed by atoms with Gasteiger partial charge in [-0.05, 0) is 25.8 Å². The molecular formula is C12H18BrN3O. The Morgan fingerprint density at radius 3 is 2.76 bits per heavy atom. The Kier molecular flexibility index (Phi) is 5.55. The molecule has 1 atom stereocenters. The lowest BCUT2D eigenvalue weighted by Crippen LogP contribution is -2.30. The minimum Gasteiger partial charge on any atom is -0.351 e. The number of nitrogens with zero attached hydrogens (tertiary/aromatic N) is 2. The first kappa shape index (κ1) is 14.1. The van der Waals surface area contributed by atoms with Gasteiger partial charge in [-0.1, -0.05) is 29.8 Å². The van der Waals surface area contributed by atoms with Crippen LogP contribution >= 0.6 is 15.9 Å². The van der Waals surface area contributed by atoms with Gasteiger partial charge in [0, 0.05) is 11.4 Å². The first-order valence-electron chi connectivity index (χ1n) is 5.83. The zero-order valence-electron chi connectivity index (χ0n) is 10.5. The SMILES string of the molecule is CCc1nnc(C)cc1C(=O)NCC(Br)CC. The fourth-order valence-electron chi connectivity index (χ4n) is 1.41. The van der Waals surface area contributed by atoms with Crippen molar-refractivity contribution >= 4 is 21.8 Å². The molecule has 1 amide bonds. The Balaban J connectivity index is 2.77. The Bertz CT molecular complexity index is 395. The normalized spacial score (nSPS) is 12.2. The molecule has 1 heterocycles. The van der Waals surface area contributed by atoms with Crippen molar-refractivity contribution in [3.8, 4) is 0 Å². The summed E-state index contributed by atoms with van der Waals surface area (Å²) in [5, 5.41) is 10.9. The highest BCUT2D eigenvalue weighted by Gasteiger charge is 2.13. The predicted octanol–water partition coefficient (Wildman–Crippen LogP) is 2.25. The molecule has 1 rings (SSSR count). The van der Waals surface area contributed by atoms with Crippen molar-refractivity contribution in [1.82, 2.24) is 15.5 Å². The van der Waals surface area contributed by atoms with Crippen LogP contribution in [-0.4, -0.2) is 27.5 Å². The molecule has 0 fully saturated rings. The van der Waals surface area contributed by atoms with Crippen LogP contribution in [0.3, 0.4) is 0 Å². The zero-order chi connectivity index (χ0) is 12.8. The number of aromatic nitrogens is 2. The Hall–Kier alpha value is -0.970. The van der Waals surface area contributed by atoms with Crippen LogP contribution in [0.1, 0.15) is 42.0 Å². The Morgan fingerprint density at radius 1 is 1.47 bits per heavy atom. The molecule has 5 heteroatoms. The fraction of sp³-hybridized carbons (Fsp3) is 0.583. The first-order chi connectivity index (χ1) is 8.08. The molecule has 0 spiro atoms. The van der Waals surface area contributed by atoms with E-state index in [0.29, 0.717) is 23.4 Å². The molecule has 0 aromatic carbocycles. The lowest BCUT2D eigenvalue weighted by molar-refractivity contribution is 0.0952. The second kappa shape index (κ2) is 6.69. The van der Waals surface area contributed by atoms with Gasteiger partial charge >= 0.3 is 0 Å². The third-order valence-corrected chi connectivity index (χ3v) is 3.47. The van der Waals surface area contributed by atoms with E-state index in [9.17, 15) is 4.79 Å². The second-order valence-corrected chi connectivity index (χ2v) is 5.21. The monoisotopic (exact) mass is 299 g/mol. The zero-order valence-corrected chi connectivity index (χ0v) is 12.0. The minimum absolute atomic E-state index is 0.0715. The van der Waals surface area contributed by atoms with Crippen LogP contribution in [0, 0.1) is 6.92 Å². The predicted molar refractivity (Wildman–Crippen MR) is 71.5 cm³/mol. The van der Waals surface area contributed by atoms with Gasteiger partial charge in [0.2, 0.25) is 0 Å². The topological polar surface area (TPSA) is 54.9 Å². The van der Waals surface area contributed by atoms with E-state index in [1.54, 1.807) is 6.07 Å². The summed E-state index contributed by atoms with van der Waals surface area (Å²) in [7, 11) is 0. The van der Waals surface area contributed by atoms with Gasteiger partial charge in [0.1, 0.15) is 0 Å². The molecule has 1 aromatic rings. The Morgan fingerprint density at radius 2 is 2.18 bits per heavy atom. The molecule has 0 saturated heterocycles. The van der Waals surface area contributed by atoms with Crippen LogP contribution in [0.25, 0.3) is 0 Å². The summed E-state index contributed by atoms with van der Waals surface area (Å²) in [6, 6.07) is 1.79. The van der Waals surface area contributed by atoms with E-state index in [4.69, 9.17) is 0 Å². The standard InChI is InChI=1S/C12H18BrN3O/c1-4-9(13)7-14-12(17)10-6-8(3)15-16-11(10)5-2/h6,9H,4-5,7H2,1-3H3,(H,14,17). The summed E-state index contributed by atoms with van der Waals surface area (Å²) in [5.74, 6) is -0.0715. The highest BCUT2D eigenvalue weighted by Crippen LogP contribution is 2.08. The van der Waals surface area contributed by atoms with E-state index < -0.39 is 0 Å². The molecule has 0 radical (unpaired) electrons. The van der Waals surface area contributed by atoms with E-state index in [-0.39, 0.29) is 5.91 Å². The van der Waals surface area contributed by atoms with Crippen LogP contribution in [0.15, 0.2) is 6.07 Å². The molecule has 1 N–H and O–H groups in total.